The van der Waals surface area contributed by atoms with E-state index in [1.54, 1.807) is 0 Å². The molecule has 0 unspecified atom stereocenters. The molecule has 1 aliphatic heterocycles. The number of pyridine rings is 1. The van der Waals surface area contributed by atoms with E-state index in [0.717, 1.165) is 36.2 Å². The van der Waals surface area contributed by atoms with Crippen molar-refractivity contribution in [1.29, 1.82) is 0 Å². The number of halogens is 3. The van der Waals surface area contributed by atoms with E-state index in [1.165, 1.54) is 30.5 Å². The summed E-state index contributed by atoms with van der Waals surface area (Å²) in [5.41, 5.74) is 1.32. The minimum absolute atomic E-state index is 0.255. The summed E-state index contributed by atoms with van der Waals surface area (Å²) < 4.78 is 37.9. The number of nitrogens with one attached hydrogen (secondary N) is 2. The van der Waals surface area contributed by atoms with E-state index < -0.39 is 11.7 Å². The van der Waals surface area contributed by atoms with E-state index in [1.807, 2.05) is 6.08 Å². The molecule has 1 amide bonds. The second-order valence-corrected chi connectivity index (χ2v) is 6.55. The van der Waals surface area contributed by atoms with E-state index in [2.05, 4.69) is 15.2 Å². The molecular formula is C20H20F3N3O2. The van der Waals surface area contributed by atoms with Crippen molar-refractivity contribution in [2.75, 3.05) is 26.2 Å². The highest BCUT2D eigenvalue weighted by molar-refractivity contribution is 5.93. The molecule has 0 aliphatic carbocycles. The van der Waals surface area contributed by atoms with Crippen LogP contribution in [0.4, 0.5) is 13.2 Å². The lowest BCUT2D eigenvalue weighted by Crippen LogP contribution is -2.37. The summed E-state index contributed by atoms with van der Waals surface area (Å²) in [7, 11) is 0. The largest absolute Gasteiger partial charge is 0.416 e. The van der Waals surface area contributed by atoms with Crippen LogP contribution >= 0.6 is 0 Å². The maximum atomic E-state index is 12.6. The number of nitrogens with zero attached hydrogens (tertiary/aromatic N) is 1. The molecule has 3 rings (SSSR count). The number of alkyl halides is 3. The molecule has 2 heterocycles. The Kier molecular flexibility index (Phi) is 5.99. The van der Waals surface area contributed by atoms with E-state index in [0.29, 0.717) is 25.2 Å². The van der Waals surface area contributed by atoms with Gasteiger partial charge in [0, 0.05) is 38.4 Å². The van der Waals surface area contributed by atoms with Crippen molar-refractivity contribution < 1.29 is 18.0 Å². The van der Waals surface area contributed by atoms with Crippen LogP contribution in [0, 0.1) is 0 Å². The number of benzene rings is 1. The summed E-state index contributed by atoms with van der Waals surface area (Å²) in [4.78, 5) is 27.6. The monoisotopic (exact) mass is 391 g/mol. The second kappa shape index (κ2) is 8.43. The van der Waals surface area contributed by atoms with Crippen molar-refractivity contribution >= 4 is 11.5 Å². The fourth-order valence-electron chi connectivity index (χ4n) is 3.03. The van der Waals surface area contributed by atoms with Gasteiger partial charge in [-0.1, -0.05) is 18.2 Å². The molecule has 2 N–H and O–H groups in total. The summed E-state index contributed by atoms with van der Waals surface area (Å²) >= 11 is 0. The van der Waals surface area contributed by atoms with E-state index >= 15 is 0 Å². The van der Waals surface area contributed by atoms with Gasteiger partial charge in [0.25, 0.3) is 5.91 Å². The van der Waals surface area contributed by atoms with E-state index in [-0.39, 0.29) is 11.5 Å². The third kappa shape index (κ3) is 5.10. The Balaban J connectivity index is 1.48. The van der Waals surface area contributed by atoms with Crippen LogP contribution < -0.4 is 10.9 Å². The van der Waals surface area contributed by atoms with E-state index in [4.69, 9.17) is 0 Å². The molecule has 148 valence electrons. The molecule has 0 bridgehead atoms. The Labute approximate surface area is 159 Å². The van der Waals surface area contributed by atoms with Crippen LogP contribution in [-0.2, 0) is 6.18 Å². The lowest BCUT2D eigenvalue weighted by molar-refractivity contribution is -0.137. The number of amides is 1. The average Bonchev–Trinajstić information content (AvgIpc) is 2.68. The van der Waals surface area contributed by atoms with Crippen molar-refractivity contribution in [3.8, 4) is 0 Å². The highest BCUT2D eigenvalue weighted by Crippen LogP contribution is 2.31. The highest BCUT2D eigenvalue weighted by Gasteiger charge is 2.30. The fraction of sp³-hybridized carbons (Fsp3) is 0.300. The molecule has 1 aromatic heterocycles. The number of hydrogen-bond donors (Lipinski definition) is 2. The van der Waals surface area contributed by atoms with Crippen molar-refractivity contribution in [2.24, 2.45) is 0 Å². The molecule has 1 aromatic carbocycles. The van der Waals surface area contributed by atoms with Crippen molar-refractivity contribution in [3.63, 3.8) is 0 Å². The van der Waals surface area contributed by atoms with Crippen LogP contribution in [0.3, 0.4) is 0 Å². The van der Waals surface area contributed by atoms with Crippen LogP contribution in [0.5, 0.6) is 0 Å². The minimum Gasteiger partial charge on any atom is -0.351 e. The normalized spacial score (nSPS) is 15.2. The molecule has 0 radical (unpaired) electrons. The fourth-order valence-corrected chi connectivity index (χ4v) is 3.03. The Morgan fingerprint density at radius 1 is 1.14 bits per heavy atom. The number of aromatic nitrogens is 1. The highest BCUT2D eigenvalue weighted by atomic mass is 19.4. The number of carbonyl (C=O) groups excluding carboxylic acids is 1. The average molecular weight is 391 g/mol. The zero-order valence-electron chi connectivity index (χ0n) is 15.1. The molecule has 0 spiro atoms. The lowest BCUT2D eigenvalue weighted by atomic mass is 9.98. The summed E-state index contributed by atoms with van der Waals surface area (Å²) in [6.07, 6.45) is -0.206. The molecule has 28 heavy (non-hydrogen) atoms. The zero-order chi connectivity index (χ0) is 20.1. The van der Waals surface area contributed by atoms with Gasteiger partial charge >= 0.3 is 6.18 Å². The third-order valence-corrected chi connectivity index (χ3v) is 4.64. The predicted molar refractivity (Wildman–Crippen MR) is 99.9 cm³/mol. The van der Waals surface area contributed by atoms with Gasteiger partial charge in [0.15, 0.2) is 0 Å². The third-order valence-electron chi connectivity index (χ3n) is 4.64. The molecule has 8 heteroatoms. The molecule has 0 atom stereocenters. The number of H-pyrrole nitrogens is 1. The van der Waals surface area contributed by atoms with Crippen LogP contribution in [0.1, 0.15) is 27.9 Å². The predicted octanol–water partition coefficient (Wildman–Crippen LogP) is 2.91. The molecule has 2 aromatic rings. The molecule has 0 saturated carbocycles. The quantitative estimate of drug-likeness (QED) is 0.824. The number of rotatable bonds is 5. The first-order valence-corrected chi connectivity index (χ1v) is 8.89. The zero-order valence-corrected chi connectivity index (χ0v) is 15.1. The molecule has 5 nitrogen and oxygen atoms in total. The van der Waals surface area contributed by atoms with Gasteiger partial charge in [-0.3, -0.25) is 14.5 Å². The second-order valence-electron chi connectivity index (χ2n) is 6.55. The van der Waals surface area contributed by atoms with Crippen molar-refractivity contribution in [2.45, 2.75) is 12.6 Å². The molecule has 0 saturated heterocycles. The SMILES string of the molecule is O=C(NCCN1CC=C(c2ccc(C(F)(F)F)cc2)CC1)c1ccc(=O)[nH]c1. The van der Waals surface area contributed by atoms with E-state index in [9.17, 15) is 22.8 Å². The number of carbonyl (C=O) groups is 1. The first kappa shape index (κ1) is 19.9. The maximum Gasteiger partial charge on any atom is 0.416 e. The summed E-state index contributed by atoms with van der Waals surface area (Å²) in [6.45, 7) is 2.56. The summed E-state index contributed by atoms with van der Waals surface area (Å²) in [6, 6.07) is 7.99. The van der Waals surface area contributed by atoms with Gasteiger partial charge in [0.05, 0.1) is 11.1 Å². The van der Waals surface area contributed by atoms with Crippen LogP contribution in [0.2, 0.25) is 0 Å². The summed E-state index contributed by atoms with van der Waals surface area (Å²) in [5, 5.41) is 2.80. The molecular weight excluding hydrogens is 371 g/mol. The minimum atomic E-state index is -4.32. The first-order valence-electron chi connectivity index (χ1n) is 8.89. The smallest absolute Gasteiger partial charge is 0.351 e. The standard InChI is InChI=1S/C20H20F3N3O2/c21-20(22,23)17-4-1-14(2-5-17)15-7-10-26(11-8-15)12-9-24-19(28)16-3-6-18(27)25-13-16/h1-7,13H,8-12H2,(H,24,28)(H,25,27). The van der Waals surface area contributed by atoms with Gasteiger partial charge < -0.3 is 10.3 Å². The van der Waals surface area contributed by atoms with Crippen LogP contribution in [-0.4, -0.2) is 42.0 Å². The van der Waals surface area contributed by atoms with Gasteiger partial charge in [0.2, 0.25) is 5.56 Å². The molecule has 0 fully saturated rings. The first-order chi connectivity index (χ1) is 13.3. The Bertz CT molecular complexity index is 897. The molecule has 1 aliphatic rings. The van der Waals surface area contributed by atoms with Crippen LogP contribution in [0.25, 0.3) is 5.57 Å². The van der Waals surface area contributed by atoms with Gasteiger partial charge in [-0.25, -0.2) is 0 Å². The lowest BCUT2D eigenvalue weighted by Gasteiger charge is -2.26. The van der Waals surface area contributed by atoms with Gasteiger partial charge in [-0.2, -0.15) is 13.2 Å². The maximum absolute atomic E-state index is 12.6. The van der Waals surface area contributed by atoms with Crippen molar-refractivity contribution in [3.05, 3.63) is 75.7 Å². The Hall–Kier alpha value is -2.87. The number of aromatic amines is 1. The number of hydrogen-bond acceptors (Lipinski definition) is 3. The van der Waals surface area contributed by atoms with Gasteiger partial charge in [-0.05, 0) is 35.8 Å². The van der Waals surface area contributed by atoms with Crippen LogP contribution in [0.15, 0.2) is 53.5 Å². The Morgan fingerprint density at radius 3 is 2.46 bits per heavy atom. The topological polar surface area (TPSA) is 65.2 Å². The van der Waals surface area contributed by atoms with Gasteiger partial charge in [0.1, 0.15) is 0 Å². The Morgan fingerprint density at radius 2 is 1.89 bits per heavy atom. The van der Waals surface area contributed by atoms with Crippen molar-refractivity contribution in [1.82, 2.24) is 15.2 Å². The van der Waals surface area contributed by atoms with Gasteiger partial charge in [-0.15, -0.1) is 0 Å². The summed E-state index contributed by atoms with van der Waals surface area (Å²) in [5.74, 6) is -0.255.